The Bertz CT molecular complexity index is 437. The number of benzene rings is 1. The van der Waals surface area contributed by atoms with Crippen LogP contribution in [0.4, 0.5) is 4.39 Å². The van der Waals surface area contributed by atoms with Crippen molar-refractivity contribution in [2.45, 2.75) is 13.1 Å². The molecule has 0 fully saturated rings. The minimum absolute atomic E-state index is 0.250. The second kappa shape index (κ2) is 4.23. The molecular weight excluding hydrogens is 193 g/mol. The van der Waals surface area contributed by atoms with Gasteiger partial charge in [-0.2, -0.15) is 5.10 Å². The van der Waals surface area contributed by atoms with Crippen molar-refractivity contribution in [2.75, 3.05) is 0 Å². The highest BCUT2D eigenvalue weighted by molar-refractivity contribution is 5.24. The highest BCUT2D eigenvalue weighted by Crippen LogP contribution is 2.10. The Labute approximate surface area is 87.3 Å². The molecule has 1 aromatic carbocycles. The lowest BCUT2D eigenvalue weighted by atomic mass is 10.1. The lowest BCUT2D eigenvalue weighted by Gasteiger charge is -2.04. The van der Waals surface area contributed by atoms with Gasteiger partial charge in [-0.1, -0.05) is 6.07 Å². The van der Waals surface area contributed by atoms with E-state index in [0.29, 0.717) is 13.1 Å². The van der Waals surface area contributed by atoms with Crippen molar-refractivity contribution >= 4 is 0 Å². The standard InChI is InChI=1S/C11H12FN3/c12-11-5-9(7-13)4-10(6-11)8-15-3-1-2-14-15/h1-6H,7-8,13H2. The molecule has 0 aliphatic carbocycles. The van der Waals surface area contributed by atoms with Gasteiger partial charge in [0.2, 0.25) is 0 Å². The summed E-state index contributed by atoms with van der Waals surface area (Å²) in [5, 5.41) is 4.06. The number of hydrogen-bond donors (Lipinski definition) is 1. The second-order valence-corrected chi connectivity index (χ2v) is 3.38. The zero-order chi connectivity index (χ0) is 10.7. The topological polar surface area (TPSA) is 43.8 Å². The van der Waals surface area contributed by atoms with Crippen molar-refractivity contribution in [1.82, 2.24) is 9.78 Å². The van der Waals surface area contributed by atoms with Crippen LogP contribution in [0.15, 0.2) is 36.7 Å². The van der Waals surface area contributed by atoms with Gasteiger partial charge in [0.25, 0.3) is 0 Å². The van der Waals surface area contributed by atoms with Crippen LogP contribution in [-0.2, 0) is 13.1 Å². The largest absolute Gasteiger partial charge is 0.326 e. The quantitative estimate of drug-likeness (QED) is 0.825. The molecule has 0 amide bonds. The summed E-state index contributed by atoms with van der Waals surface area (Å²) in [7, 11) is 0. The average molecular weight is 205 g/mol. The van der Waals surface area contributed by atoms with Crippen LogP contribution in [0.25, 0.3) is 0 Å². The molecule has 0 saturated heterocycles. The first-order chi connectivity index (χ1) is 7.28. The first-order valence-electron chi connectivity index (χ1n) is 4.74. The van der Waals surface area contributed by atoms with E-state index in [0.717, 1.165) is 11.1 Å². The third-order valence-corrected chi connectivity index (χ3v) is 2.16. The van der Waals surface area contributed by atoms with Gasteiger partial charge in [0.05, 0.1) is 6.54 Å². The van der Waals surface area contributed by atoms with Crippen molar-refractivity contribution in [2.24, 2.45) is 5.73 Å². The van der Waals surface area contributed by atoms with Crippen molar-refractivity contribution in [3.63, 3.8) is 0 Å². The summed E-state index contributed by atoms with van der Waals surface area (Å²) in [4.78, 5) is 0. The van der Waals surface area contributed by atoms with E-state index >= 15 is 0 Å². The number of hydrogen-bond acceptors (Lipinski definition) is 2. The SMILES string of the molecule is NCc1cc(F)cc(Cn2cccn2)c1. The Balaban J connectivity index is 2.24. The van der Waals surface area contributed by atoms with E-state index in [1.54, 1.807) is 10.9 Å². The monoisotopic (exact) mass is 205 g/mol. The van der Waals surface area contributed by atoms with Gasteiger partial charge < -0.3 is 5.73 Å². The zero-order valence-electron chi connectivity index (χ0n) is 8.23. The van der Waals surface area contributed by atoms with Gasteiger partial charge in [0.1, 0.15) is 5.82 Å². The van der Waals surface area contributed by atoms with Crippen molar-refractivity contribution in [1.29, 1.82) is 0 Å². The first kappa shape index (κ1) is 9.86. The highest BCUT2D eigenvalue weighted by atomic mass is 19.1. The van der Waals surface area contributed by atoms with Gasteiger partial charge >= 0.3 is 0 Å². The van der Waals surface area contributed by atoms with Gasteiger partial charge in [-0.25, -0.2) is 4.39 Å². The zero-order valence-corrected chi connectivity index (χ0v) is 8.23. The lowest BCUT2D eigenvalue weighted by molar-refractivity contribution is 0.616. The smallest absolute Gasteiger partial charge is 0.123 e. The summed E-state index contributed by atoms with van der Waals surface area (Å²) in [6.07, 6.45) is 3.54. The summed E-state index contributed by atoms with van der Waals surface area (Å²) in [5.41, 5.74) is 7.15. The molecule has 2 rings (SSSR count). The fourth-order valence-corrected chi connectivity index (χ4v) is 1.51. The molecule has 4 heteroatoms. The van der Waals surface area contributed by atoms with Crippen LogP contribution in [0.3, 0.4) is 0 Å². The van der Waals surface area contributed by atoms with Crippen molar-refractivity contribution in [3.8, 4) is 0 Å². The summed E-state index contributed by atoms with van der Waals surface area (Å²) in [5.74, 6) is -0.250. The van der Waals surface area contributed by atoms with Crippen LogP contribution in [0.5, 0.6) is 0 Å². The molecule has 0 saturated carbocycles. The normalized spacial score (nSPS) is 10.5. The maximum Gasteiger partial charge on any atom is 0.123 e. The molecule has 3 nitrogen and oxygen atoms in total. The Morgan fingerprint density at radius 2 is 2.07 bits per heavy atom. The number of nitrogens with zero attached hydrogens (tertiary/aromatic N) is 2. The summed E-state index contributed by atoms with van der Waals surface area (Å²) < 4.78 is 14.9. The third kappa shape index (κ3) is 2.41. The van der Waals surface area contributed by atoms with E-state index < -0.39 is 0 Å². The van der Waals surface area contributed by atoms with E-state index in [-0.39, 0.29) is 5.82 Å². The summed E-state index contributed by atoms with van der Waals surface area (Å²) in [6, 6.07) is 6.68. The van der Waals surface area contributed by atoms with Crippen LogP contribution in [0.1, 0.15) is 11.1 Å². The molecule has 0 bridgehead atoms. The molecule has 15 heavy (non-hydrogen) atoms. The fraction of sp³-hybridized carbons (Fsp3) is 0.182. The Morgan fingerprint density at radius 3 is 2.73 bits per heavy atom. The number of aromatic nitrogens is 2. The van der Waals surface area contributed by atoms with Crippen LogP contribution >= 0.6 is 0 Å². The minimum atomic E-state index is -0.250. The molecule has 0 aliphatic heterocycles. The minimum Gasteiger partial charge on any atom is -0.326 e. The van der Waals surface area contributed by atoms with Crippen LogP contribution < -0.4 is 5.73 Å². The van der Waals surface area contributed by atoms with Crippen molar-refractivity contribution < 1.29 is 4.39 Å². The molecule has 1 aromatic heterocycles. The van der Waals surface area contributed by atoms with Crippen molar-refractivity contribution in [3.05, 3.63) is 53.6 Å². The van der Waals surface area contributed by atoms with Crippen LogP contribution in [0.2, 0.25) is 0 Å². The predicted molar refractivity (Wildman–Crippen MR) is 55.6 cm³/mol. The number of nitrogens with two attached hydrogens (primary N) is 1. The first-order valence-corrected chi connectivity index (χ1v) is 4.74. The second-order valence-electron chi connectivity index (χ2n) is 3.38. The summed E-state index contributed by atoms with van der Waals surface area (Å²) in [6.45, 7) is 0.918. The Hall–Kier alpha value is -1.68. The van der Waals surface area contributed by atoms with E-state index in [1.807, 2.05) is 18.3 Å². The average Bonchev–Trinajstić information content (AvgIpc) is 2.69. The maximum atomic E-state index is 13.2. The van der Waals surface area contributed by atoms with Gasteiger partial charge in [-0.3, -0.25) is 4.68 Å². The van der Waals surface area contributed by atoms with Crippen LogP contribution in [0, 0.1) is 5.82 Å². The molecule has 0 aliphatic rings. The molecule has 0 unspecified atom stereocenters. The van der Waals surface area contributed by atoms with Gasteiger partial charge in [0.15, 0.2) is 0 Å². The van der Waals surface area contributed by atoms with Gasteiger partial charge in [-0.15, -0.1) is 0 Å². The fourth-order valence-electron chi connectivity index (χ4n) is 1.51. The molecule has 0 atom stereocenters. The van der Waals surface area contributed by atoms with E-state index in [9.17, 15) is 4.39 Å². The third-order valence-electron chi connectivity index (χ3n) is 2.16. The Morgan fingerprint density at radius 1 is 1.27 bits per heavy atom. The summed E-state index contributed by atoms with van der Waals surface area (Å²) >= 11 is 0. The van der Waals surface area contributed by atoms with E-state index in [4.69, 9.17) is 5.73 Å². The molecule has 0 spiro atoms. The molecule has 2 N–H and O–H groups in total. The molecule has 78 valence electrons. The maximum absolute atomic E-state index is 13.2. The molecule has 1 heterocycles. The molecule has 2 aromatic rings. The number of halogens is 1. The van der Waals surface area contributed by atoms with E-state index in [1.165, 1.54) is 12.1 Å². The Kier molecular flexibility index (Phi) is 2.78. The predicted octanol–water partition coefficient (Wildman–Crippen LogP) is 1.53. The van der Waals surface area contributed by atoms with E-state index in [2.05, 4.69) is 5.10 Å². The lowest BCUT2D eigenvalue weighted by Crippen LogP contribution is -2.03. The highest BCUT2D eigenvalue weighted by Gasteiger charge is 2.00. The van der Waals surface area contributed by atoms with Gasteiger partial charge in [-0.05, 0) is 29.3 Å². The molecule has 0 radical (unpaired) electrons. The number of rotatable bonds is 3. The molecular formula is C11H12FN3. The van der Waals surface area contributed by atoms with Gasteiger partial charge in [0, 0.05) is 18.9 Å². The van der Waals surface area contributed by atoms with Crippen LogP contribution in [-0.4, -0.2) is 9.78 Å².